The van der Waals surface area contributed by atoms with Gasteiger partial charge < -0.3 is 14.8 Å². The van der Waals surface area contributed by atoms with Crippen LogP contribution in [0.5, 0.6) is 5.88 Å². The minimum Gasteiger partial charge on any atom is -0.461 e. The predicted molar refractivity (Wildman–Crippen MR) is 123 cm³/mol. The second-order valence-corrected chi connectivity index (χ2v) is 7.87. The number of H-pyrrole nitrogens is 1. The first kappa shape index (κ1) is 22.3. The molecule has 0 radical (unpaired) electrons. The highest BCUT2D eigenvalue weighted by molar-refractivity contribution is 5.94. The number of hydrogen-bond acceptors (Lipinski definition) is 8. The molecule has 4 aromatic rings. The summed E-state index contributed by atoms with van der Waals surface area (Å²) >= 11 is 0. The van der Waals surface area contributed by atoms with Gasteiger partial charge in [0.1, 0.15) is 11.2 Å². The maximum atomic E-state index is 13.1. The fourth-order valence-electron chi connectivity index (χ4n) is 3.04. The summed E-state index contributed by atoms with van der Waals surface area (Å²) in [6.07, 6.45) is 5.56. The predicted octanol–water partition coefficient (Wildman–Crippen LogP) is 3.24. The van der Waals surface area contributed by atoms with E-state index in [1.54, 1.807) is 30.9 Å². The summed E-state index contributed by atoms with van der Waals surface area (Å²) in [7, 11) is 0. The van der Waals surface area contributed by atoms with Crippen molar-refractivity contribution >= 4 is 22.8 Å². The van der Waals surface area contributed by atoms with Crippen LogP contribution in [0, 0.1) is 13.8 Å². The average Bonchev–Trinajstić information content (AvgIpc) is 3.27. The van der Waals surface area contributed by atoms with Crippen LogP contribution >= 0.6 is 0 Å². The topological polar surface area (TPSA) is 128 Å². The zero-order valence-electron chi connectivity index (χ0n) is 18.9. The second kappa shape index (κ2) is 9.70. The smallest absolute Gasteiger partial charge is 0.269 e. The number of anilines is 1. The van der Waals surface area contributed by atoms with E-state index in [-0.39, 0.29) is 18.6 Å². The van der Waals surface area contributed by atoms with Gasteiger partial charge in [0, 0.05) is 24.2 Å². The number of aromatic nitrogens is 6. The maximum Gasteiger partial charge on any atom is 0.269 e. The molecule has 4 aromatic heterocycles. The van der Waals surface area contributed by atoms with Crippen LogP contribution in [0.4, 0.5) is 5.82 Å². The Kier molecular flexibility index (Phi) is 6.55. The van der Waals surface area contributed by atoms with E-state index in [2.05, 4.69) is 35.5 Å². The van der Waals surface area contributed by atoms with Gasteiger partial charge in [-0.3, -0.25) is 14.9 Å². The molecule has 4 heterocycles. The highest BCUT2D eigenvalue weighted by Gasteiger charge is 2.25. The van der Waals surface area contributed by atoms with Crippen LogP contribution in [0.15, 0.2) is 43.0 Å². The Morgan fingerprint density at radius 1 is 1.12 bits per heavy atom. The Bertz CT molecular complexity index is 1250. The van der Waals surface area contributed by atoms with E-state index in [9.17, 15) is 4.79 Å². The van der Waals surface area contributed by atoms with E-state index in [0.29, 0.717) is 22.7 Å². The highest BCUT2D eigenvalue weighted by Crippen LogP contribution is 2.27. The fraction of sp³-hybridized carbons (Fsp3) is 0.304. The summed E-state index contributed by atoms with van der Waals surface area (Å²) in [6.45, 7) is 7.67. The minimum atomic E-state index is -0.980. The number of carbonyl (C=O) groups is 1. The van der Waals surface area contributed by atoms with Gasteiger partial charge in [-0.2, -0.15) is 10.1 Å². The van der Waals surface area contributed by atoms with Crippen molar-refractivity contribution in [1.29, 1.82) is 0 Å². The molecule has 10 nitrogen and oxygen atoms in total. The van der Waals surface area contributed by atoms with E-state index < -0.39 is 12.0 Å². The lowest BCUT2D eigenvalue weighted by molar-refractivity contribution is -0.126. The van der Waals surface area contributed by atoms with E-state index in [0.717, 1.165) is 16.7 Å². The quantitative estimate of drug-likeness (QED) is 0.421. The van der Waals surface area contributed by atoms with Crippen LogP contribution in [-0.4, -0.2) is 54.9 Å². The number of hydrogen-bond donors (Lipinski definition) is 2. The number of aryl methyl sites for hydroxylation is 2. The van der Waals surface area contributed by atoms with Gasteiger partial charge in [-0.25, -0.2) is 9.97 Å². The standard InChI is InChI=1S/C23H25N7O3/c1-13(2)32-12-18(22(31)27-19-6-5-14(3)9-25-19)33-23-17-11-26-30-21(17)28-20(29-23)16-10-24-8-7-15(16)4/h5-11,13,18H,12H2,1-4H3,(H,25,27,31)(H,26,28,29,30)/t18-/m0/s1. The third-order valence-corrected chi connectivity index (χ3v) is 4.84. The minimum absolute atomic E-state index is 0.0277. The van der Waals surface area contributed by atoms with Crippen LogP contribution in [0.2, 0.25) is 0 Å². The van der Waals surface area contributed by atoms with Crippen molar-refractivity contribution in [3.63, 3.8) is 0 Å². The molecule has 10 heteroatoms. The van der Waals surface area contributed by atoms with Crippen LogP contribution in [-0.2, 0) is 9.53 Å². The van der Waals surface area contributed by atoms with Gasteiger partial charge >= 0.3 is 0 Å². The van der Waals surface area contributed by atoms with Crippen molar-refractivity contribution in [2.45, 2.75) is 39.9 Å². The molecule has 0 aliphatic heterocycles. The van der Waals surface area contributed by atoms with Gasteiger partial charge in [-0.05, 0) is 51.0 Å². The molecule has 0 aliphatic carbocycles. The van der Waals surface area contributed by atoms with Crippen molar-refractivity contribution in [2.24, 2.45) is 0 Å². The Morgan fingerprint density at radius 3 is 2.70 bits per heavy atom. The molecule has 2 N–H and O–H groups in total. The second-order valence-electron chi connectivity index (χ2n) is 7.87. The van der Waals surface area contributed by atoms with Crippen molar-refractivity contribution in [3.05, 3.63) is 54.1 Å². The SMILES string of the molecule is Cc1ccc(NC(=O)[C@H](COC(C)C)Oc2nc(-c3cnccc3C)nc3[nH]ncc23)nc1. The largest absolute Gasteiger partial charge is 0.461 e. The van der Waals surface area contributed by atoms with Crippen LogP contribution in [0.1, 0.15) is 25.0 Å². The molecule has 170 valence electrons. The Hall–Kier alpha value is -3.92. The van der Waals surface area contributed by atoms with Crippen molar-refractivity contribution < 1.29 is 14.3 Å². The molecule has 4 rings (SSSR count). The van der Waals surface area contributed by atoms with E-state index >= 15 is 0 Å². The van der Waals surface area contributed by atoms with Gasteiger partial charge in [0.15, 0.2) is 11.5 Å². The highest BCUT2D eigenvalue weighted by atomic mass is 16.5. The molecule has 0 fully saturated rings. The van der Waals surface area contributed by atoms with E-state index in [1.807, 2.05) is 39.8 Å². The lowest BCUT2D eigenvalue weighted by Crippen LogP contribution is -2.38. The van der Waals surface area contributed by atoms with E-state index in [4.69, 9.17) is 9.47 Å². The number of nitrogens with one attached hydrogen (secondary N) is 2. The number of aromatic amines is 1. The van der Waals surface area contributed by atoms with Crippen molar-refractivity contribution in [2.75, 3.05) is 11.9 Å². The lowest BCUT2D eigenvalue weighted by atomic mass is 10.1. The lowest BCUT2D eigenvalue weighted by Gasteiger charge is -2.20. The monoisotopic (exact) mass is 447 g/mol. The molecule has 0 aromatic carbocycles. The van der Waals surface area contributed by atoms with Crippen molar-refractivity contribution in [3.8, 4) is 17.3 Å². The summed E-state index contributed by atoms with van der Waals surface area (Å²) in [5.41, 5.74) is 3.19. The van der Waals surface area contributed by atoms with Gasteiger partial charge in [-0.1, -0.05) is 6.07 Å². The molecule has 0 aliphatic rings. The first-order chi connectivity index (χ1) is 15.9. The summed E-state index contributed by atoms with van der Waals surface area (Å²) < 4.78 is 11.8. The number of nitrogens with zero attached hydrogens (tertiary/aromatic N) is 5. The number of ether oxygens (including phenoxy) is 2. The molecule has 0 unspecified atom stereocenters. The molecule has 0 saturated heterocycles. The number of amides is 1. The van der Waals surface area contributed by atoms with Gasteiger partial charge in [0.2, 0.25) is 12.0 Å². The Morgan fingerprint density at radius 2 is 1.97 bits per heavy atom. The van der Waals surface area contributed by atoms with Crippen LogP contribution in [0.3, 0.4) is 0 Å². The first-order valence-corrected chi connectivity index (χ1v) is 10.5. The summed E-state index contributed by atoms with van der Waals surface area (Å²) in [5, 5.41) is 10.2. The third-order valence-electron chi connectivity index (χ3n) is 4.84. The molecule has 0 saturated carbocycles. The average molecular weight is 447 g/mol. The molecule has 0 bridgehead atoms. The Balaban J connectivity index is 1.66. The third kappa shape index (κ3) is 5.29. The van der Waals surface area contributed by atoms with Gasteiger partial charge in [0.05, 0.1) is 18.9 Å². The zero-order chi connectivity index (χ0) is 23.4. The zero-order valence-corrected chi connectivity index (χ0v) is 18.9. The summed E-state index contributed by atoms with van der Waals surface area (Å²) in [4.78, 5) is 30.6. The van der Waals surface area contributed by atoms with Crippen LogP contribution in [0.25, 0.3) is 22.4 Å². The Labute approximate surface area is 190 Å². The molecular formula is C23H25N7O3. The normalized spacial score (nSPS) is 12.2. The maximum absolute atomic E-state index is 13.1. The summed E-state index contributed by atoms with van der Waals surface area (Å²) in [6, 6.07) is 5.47. The van der Waals surface area contributed by atoms with E-state index in [1.165, 1.54) is 0 Å². The first-order valence-electron chi connectivity index (χ1n) is 10.5. The van der Waals surface area contributed by atoms with Gasteiger partial charge in [0.25, 0.3) is 5.91 Å². The molecular weight excluding hydrogens is 422 g/mol. The van der Waals surface area contributed by atoms with Crippen molar-refractivity contribution in [1.82, 2.24) is 30.1 Å². The fourth-order valence-corrected chi connectivity index (χ4v) is 3.04. The molecule has 1 atom stereocenters. The number of rotatable bonds is 8. The molecule has 1 amide bonds. The number of pyridine rings is 2. The number of fused-ring (bicyclic) bond motifs is 1. The number of carbonyl (C=O) groups excluding carboxylic acids is 1. The molecule has 33 heavy (non-hydrogen) atoms. The van der Waals surface area contributed by atoms with Gasteiger partial charge in [-0.15, -0.1) is 0 Å². The molecule has 0 spiro atoms. The summed E-state index contributed by atoms with van der Waals surface area (Å²) in [5.74, 6) is 0.654. The van der Waals surface area contributed by atoms with Crippen LogP contribution < -0.4 is 10.1 Å².